The van der Waals surface area contributed by atoms with Crippen LogP contribution < -0.4 is 10.6 Å². The minimum Gasteiger partial charge on any atom is -0.375 e. The van der Waals surface area contributed by atoms with Gasteiger partial charge in [0.1, 0.15) is 0 Å². The summed E-state index contributed by atoms with van der Waals surface area (Å²) in [6, 6.07) is 9.76. The smallest absolute Gasteiger partial charge is 0.0956 e. The fourth-order valence-electron chi connectivity index (χ4n) is 6.47. The largest absolute Gasteiger partial charge is 0.375 e. The molecule has 1 aliphatic heterocycles. The quantitative estimate of drug-likeness (QED) is 0.247. The molecule has 0 amide bonds. The van der Waals surface area contributed by atoms with E-state index in [0.717, 1.165) is 25.1 Å². The summed E-state index contributed by atoms with van der Waals surface area (Å²) in [5, 5.41) is 7.58. The molecular weight excluding hydrogens is 518 g/mol. The first-order valence-corrected chi connectivity index (χ1v) is 16.7. The summed E-state index contributed by atoms with van der Waals surface area (Å²) >= 11 is 0. The lowest BCUT2D eigenvalue weighted by Gasteiger charge is -2.43. The van der Waals surface area contributed by atoms with Crippen LogP contribution in [0.1, 0.15) is 112 Å². The van der Waals surface area contributed by atoms with Gasteiger partial charge in [0.05, 0.1) is 24.2 Å². The normalized spacial score (nSPS) is 21.8. The number of nitrogens with one attached hydrogen (secondary N) is 2. The molecule has 236 valence electrons. The molecule has 0 unspecified atom stereocenters. The Hall–Kier alpha value is -1.73. The van der Waals surface area contributed by atoms with Crippen LogP contribution in [-0.4, -0.2) is 70.0 Å². The molecule has 4 rings (SSSR count). The molecule has 2 aromatic rings. The van der Waals surface area contributed by atoms with Gasteiger partial charge in [-0.2, -0.15) is 0 Å². The number of nitrogens with zero attached hydrogens (tertiary/aromatic N) is 3. The van der Waals surface area contributed by atoms with Crippen molar-refractivity contribution >= 4 is 0 Å². The monoisotopic (exact) mass is 579 g/mol. The predicted molar refractivity (Wildman–Crippen MR) is 177 cm³/mol. The Morgan fingerprint density at radius 3 is 2.24 bits per heavy atom. The van der Waals surface area contributed by atoms with E-state index in [9.17, 15) is 0 Å². The van der Waals surface area contributed by atoms with Crippen LogP contribution in [0.4, 0.5) is 0 Å². The van der Waals surface area contributed by atoms with Gasteiger partial charge in [-0.1, -0.05) is 45.0 Å². The van der Waals surface area contributed by atoms with Crippen molar-refractivity contribution in [3.8, 4) is 11.3 Å². The summed E-state index contributed by atoms with van der Waals surface area (Å²) in [6.07, 6.45) is 13.2. The van der Waals surface area contributed by atoms with E-state index in [4.69, 9.17) is 9.72 Å². The molecule has 1 saturated carbocycles. The minimum absolute atomic E-state index is 0.0915. The van der Waals surface area contributed by atoms with Crippen LogP contribution in [0.5, 0.6) is 0 Å². The number of piperidine rings is 1. The first-order chi connectivity index (χ1) is 19.7. The van der Waals surface area contributed by atoms with Crippen LogP contribution in [0.15, 0.2) is 36.8 Å². The molecule has 2 aliphatic rings. The van der Waals surface area contributed by atoms with Gasteiger partial charge >= 0.3 is 0 Å². The lowest BCUT2D eigenvalue weighted by molar-refractivity contribution is -0.0885. The van der Waals surface area contributed by atoms with Crippen molar-refractivity contribution in [1.29, 1.82) is 0 Å². The van der Waals surface area contributed by atoms with E-state index in [1.165, 1.54) is 62.9 Å². The van der Waals surface area contributed by atoms with E-state index in [1.807, 2.05) is 6.33 Å². The first kappa shape index (κ1) is 33.2. The lowest BCUT2D eigenvalue weighted by Crippen LogP contribution is -2.53. The Morgan fingerprint density at radius 2 is 1.62 bits per heavy atom. The van der Waals surface area contributed by atoms with Gasteiger partial charge in [0.2, 0.25) is 0 Å². The maximum absolute atomic E-state index is 6.47. The molecule has 6 nitrogen and oxygen atoms in total. The van der Waals surface area contributed by atoms with Gasteiger partial charge in [-0.25, -0.2) is 4.98 Å². The number of hydrogen-bond acceptors (Lipinski definition) is 5. The van der Waals surface area contributed by atoms with Crippen LogP contribution >= 0.6 is 0 Å². The topological polar surface area (TPSA) is 54.4 Å². The van der Waals surface area contributed by atoms with E-state index in [-0.39, 0.29) is 11.1 Å². The second-order valence-electron chi connectivity index (χ2n) is 15.8. The van der Waals surface area contributed by atoms with E-state index in [0.29, 0.717) is 29.7 Å². The molecule has 0 radical (unpaired) electrons. The van der Waals surface area contributed by atoms with Gasteiger partial charge in [-0.15, -0.1) is 0 Å². The fraction of sp³-hybridized carbons (Fsp3) is 0.750. The van der Waals surface area contributed by atoms with Crippen LogP contribution in [-0.2, 0) is 11.2 Å². The fourth-order valence-corrected chi connectivity index (χ4v) is 6.47. The number of aromatic nitrogens is 2. The van der Waals surface area contributed by atoms with E-state index >= 15 is 0 Å². The third kappa shape index (κ3) is 10.2. The molecule has 42 heavy (non-hydrogen) atoms. The number of aryl methyl sites for hydroxylation is 1. The van der Waals surface area contributed by atoms with Crippen LogP contribution in [0, 0.1) is 5.41 Å². The summed E-state index contributed by atoms with van der Waals surface area (Å²) in [7, 11) is 0. The standard InChI is InChI=1S/C36H61N5O/c1-10-28-11-13-29(14-12-28)33-24-41(26-37-33)27(2)23-38-36(8,9)18-17-35(6,7)25-40-19-15-31(16-20-40)42-32-21-30(22-32)39-34(3,4)5/h11-14,24,26-27,30-32,38-39H,10,15-23,25H2,1-9H3/t27-,30?,32?/m0/s1. The second kappa shape index (κ2) is 13.9. The first-order valence-electron chi connectivity index (χ1n) is 16.7. The van der Waals surface area contributed by atoms with Crippen LogP contribution in [0.2, 0.25) is 0 Å². The maximum atomic E-state index is 6.47. The van der Waals surface area contributed by atoms with Crippen molar-refractivity contribution in [3.05, 3.63) is 42.4 Å². The number of likely N-dealkylation sites (tertiary alicyclic amines) is 1. The average Bonchev–Trinajstić information content (AvgIpc) is 3.40. The molecule has 1 atom stereocenters. The third-order valence-electron chi connectivity index (χ3n) is 9.37. The number of ether oxygens (including phenoxy) is 1. The molecular formula is C36H61N5O. The Morgan fingerprint density at radius 1 is 0.952 bits per heavy atom. The highest BCUT2D eigenvalue weighted by molar-refractivity contribution is 5.58. The van der Waals surface area contributed by atoms with E-state index < -0.39 is 0 Å². The predicted octanol–water partition coefficient (Wildman–Crippen LogP) is 7.25. The zero-order valence-electron chi connectivity index (χ0n) is 28.3. The van der Waals surface area contributed by atoms with Crippen LogP contribution in [0.3, 0.4) is 0 Å². The zero-order valence-corrected chi connectivity index (χ0v) is 28.3. The second-order valence-corrected chi connectivity index (χ2v) is 15.8. The number of hydrogen-bond donors (Lipinski definition) is 2. The SMILES string of the molecule is CCc1ccc(-c2cn([C@@H](C)CNC(C)(C)CCC(C)(C)CN3CCC(OC4CC(NC(C)(C)C)C4)CC3)cn2)cc1. The highest BCUT2D eigenvalue weighted by Crippen LogP contribution is 2.31. The average molecular weight is 580 g/mol. The molecule has 1 aromatic carbocycles. The number of benzene rings is 1. The van der Waals surface area contributed by atoms with Crippen molar-refractivity contribution in [2.75, 3.05) is 26.2 Å². The van der Waals surface area contributed by atoms with Crippen molar-refractivity contribution < 1.29 is 4.74 Å². The maximum Gasteiger partial charge on any atom is 0.0956 e. The molecule has 0 spiro atoms. The summed E-state index contributed by atoms with van der Waals surface area (Å²) < 4.78 is 8.72. The van der Waals surface area contributed by atoms with Gasteiger partial charge in [0.25, 0.3) is 0 Å². The molecule has 0 bridgehead atoms. The Balaban J connectivity index is 1.14. The highest BCUT2D eigenvalue weighted by Gasteiger charge is 2.35. The minimum atomic E-state index is 0.0915. The number of rotatable bonds is 14. The van der Waals surface area contributed by atoms with E-state index in [1.54, 1.807) is 0 Å². The van der Waals surface area contributed by atoms with Gasteiger partial charge in [0.15, 0.2) is 0 Å². The van der Waals surface area contributed by atoms with Crippen LogP contribution in [0.25, 0.3) is 11.3 Å². The van der Waals surface area contributed by atoms with Gasteiger partial charge in [0, 0.05) is 61.1 Å². The molecule has 1 aliphatic carbocycles. The summed E-state index contributed by atoms with van der Waals surface area (Å²) in [5.41, 5.74) is 4.18. The van der Waals surface area contributed by atoms with Gasteiger partial charge in [-0.3, -0.25) is 0 Å². The van der Waals surface area contributed by atoms with Crippen molar-refractivity contribution in [3.63, 3.8) is 0 Å². The number of imidazole rings is 1. The van der Waals surface area contributed by atoms with E-state index in [2.05, 4.69) is 113 Å². The zero-order chi connectivity index (χ0) is 30.5. The molecule has 2 N–H and O–H groups in total. The summed E-state index contributed by atoms with van der Waals surface area (Å²) in [5.74, 6) is 0. The molecule has 1 saturated heterocycles. The third-order valence-corrected chi connectivity index (χ3v) is 9.37. The van der Waals surface area contributed by atoms with Gasteiger partial charge in [-0.05, 0) is 97.5 Å². The summed E-state index contributed by atoms with van der Waals surface area (Å²) in [4.78, 5) is 7.37. The Kier molecular flexibility index (Phi) is 11.0. The molecule has 2 heterocycles. The van der Waals surface area contributed by atoms with Crippen molar-refractivity contribution in [1.82, 2.24) is 25.1 Å². The van der Waals surface area contributed by atoms with Crippen molar-refractivity contribution in [2.24, 2.45) is 5.41 Å². The highest BCUT2D eigenvalue weighted by atomic mass is 16.5. The lowest BCUT2D eigenvalue weighted by atomic mass is 9.82. The summed E-state index contributed by atoms with van der Waals surface area (Å²) in [6.45, 7) is 25.3. The Labute approximate surface area is 257 Å². The van der Waals surface area contributed by atoms with Gasteiger partial charge < -0.3 is 24.8 Å². The molecule has 2 fully saturated rings. The molecule has 6 heteroatoms. The van der Waals surface area contributed by atoms with Crippen molar-refractivity contribution in [2.45, 2.75) is 143 Å². The molecule has 1 aromatic heterocycles. The Bertz CT molecular complexity index is 1080.